The number of nitriles is 2. The molecule has 2 nitrogen and oxygen atoms in total. The second-order valence-electron chi connectivity index (χ2n) is 3.63. The predicted octanol–water partition coefficient (Wildman–Crippen LogP) is 3.33. The van der Waals surface area contributed by atoms with Gasteiger partial charge in [0.1, 0.15) is 0 Å². The molecule has 0 aromatic heterocycles. The third kappa shape index (κ3) is 3.26. The van der Waals surface area contributed by atoms with E-state index in [1.54, 1.807) is 12.1 Å². The third-order valence-electron chi connectivity index (χ3n) is 2.46. The molecular formula is C14H14N2. The van der Waals surface area contributed by atoms with Gasteiger partial charge >= 0.3 is 0 Å². The summed E-state index contributed by atoms with van der Waals surface area (Å²) in [7, 11) is 0. The normalized spacial score (nSPS) is 9.12. The second kappa shape index (κ2) is 6.43. The summed E-state index contributed by atoms with van der Waals surface area (Å²) < 4.78 is 0. The third-order valence-corrected chi connectivity index (χ3v) is 2.46. The summed E-state index contributed by atoms with van der Waals surface area (Å²) >= 11 is 0. The number of hydrogen-bond donors (Lipinski definition) is 0. The van der Waals surface area contributed by atoms with Crippen molar-refractivity contribution in [3.8, 4) is 12.1 Å². The van der Waals surface area contributed by atoms with Gasteiger partial charge in [-0.2, -0.15) is 10.5 Å². The van der Waals surface area contributed by atoms with Gasteiger partial charge in [0.25, 0.3) is 0 Å². The lowest BCUT2D eigenvalue weighted by atomic mass is 10.00. The predicted molar refractivity (Wildman–Crippen MR) is 63.6 cm³/mol. The van der Waals surface area contributed by atoms with Crippen LogP contribution < -0.4 is 0 Å². The van der Waals surface area contributed by atoms with Crippen molar-refractivity contribution in [2.45, 2.75) is 25.7 Å². The van der Waals surface area contributed by atoms with E-state index < -0.39 is 0 Å². The summed E-state index contributed by atoms with van der Waals surface area (Å²) in [5, 5.41) is 17.7. The minimum Gasteiger partial charge on any atom is -0.192 e. The van der Waals surface area contributed by atoms with E-state index in [-0.39, 0.29) is 0 Å². The molecule has 0 amide bonds. The van der Waals surface area contributed by atoms with Crippen molar-refractivity contribution in [1.82, 2.24) is 0 Å². The van der Waals surface area contributed by atoms with Gasteiger partial charge in [0.05, 0.1) is 23.3 Å². The highest BCUT2D eigenvalue weighted by molar-refractivity contribution is 5.44. The SMILES string of the molecule is C=CCCCCc1cc(C#N)ccc1C#N. The van der Waals surface area contributed by atoms with E-state index in [0.717, 1.165) is 31.2 Å². The lowest BCUT2D eigenvalue weighted by Crippen LogP contribution is -1.92. The van der Waals surface area contributed by atoms with Gasteiger partial charge in [-0.25, -0.2) is 0 Å². The summed E-state index contributed by atoms with van der Waals surface area (Å²) in [4.78, 5) is 0. The lowest BCUT2D eigenvalue weighted by Gasteiger charge is -2.03. The molecule has 0 fully saturated rings. The molecular weight excluding hydrogens is 196 g/mol. The number of hydrogen-bond acceptors (Lipinski definition) is 2. The zero-order valence-corrected chi connectivity index (χ0v) is 9.24. The topological polar surface area (TPSA) is 47.6 Å². The van der Waals surface area contributed by atoms with Gasteiger partial charge < -0.3 is 0 Å². The summed E-state index contributed by atoms with van der Waals surface area (Å²) in [5.74, 6) is 0. The molecule has 0 aliphatic heterocycles. The van der Waals surface area contributed by atoms with Crippen molar-refractivity contribution in [2.24, 2.45) is 0 Å². The summed E-state index contributed by atoms with van der Waals surface area (Å²) in [6, 6.07) is 9.47. The molecule has 0 saturated heterocycles. The van der Waals surface area contributed by atoms with Crippen LogP contribution in [-0.4, -0.2) is 0 Å². The Bertz CT molecular complexity index is 447. The number of rotatable bonds is 5. The maximum atomic E-state index is 8.94. The number of nitrogens with zero attached hydrogens (tertiary/aromatic N) is 2. The van der Waals surface area contributed by atoms with Crippen LogP contribution in [0, 0.1) is 22.7 Å². The average molecular weight is 210 g/mol. The van der Waals surface area contributed by atoms with Gasteiger partial charge in [0.2, 0.25) is 0 Å². The van der Waals surface area contributed by atoms with Crippen molar-refractivity contribution in [1.29, 1.82) is 10.5 Å². The quantitative estimate of drug-likeness (QED) is 0.552. The monoisotopic (exact) mass is 210 g/mol. The van der Waals surface area contributed by atoms with E-state index in [2.05, 4.69) is 18.7 Å². The van der Waals surface area contributed by atoms with Gasteiger partial charge in [-0.1, -0.05) is 6.08 Å². The highest BCUT2D eigenvalue weighted by Crippen LogP contribution is 2.14. The standard InChI is InChI=1S/C14H14N2/c1-2-3-4-5-6-13-9-12(10-15)7-8-14(13)11-16/h2,7-9H,1,3-6H2. The van der Waals surface area contributed by atoms with Crippen LogP contribution in [0.15, 0.2) is 30.9 Å². The van der Waals surface area contributed by atoms with Crippen molar-refractivity contribution in [2.75, 3.05) is 0 Å². The number of benzene rings is 1. The number of aryl methyl sites for hydroxylation is 1. The highest BCUT2D eigenvalue weighted by Gasteiger charge is 2.03. The van der Waals surface area contributed by atoms with Crippen LogP contribution in [-0.2, 0) is 6.42 Å². The van der Waals surface area contributed by atoms with E-state index >= 15 is 0 Å². The molecule has 0 unspecified atom stereocenters. The first-order valence-corrected chi connectivity index (χ1v) is 5.36. The Balaban J connectivity index is 2.73. The van der Waals surface area contributed by atoms with Gasteiger partial charge in [0.15, 0.2) is 0 Å². The molecule has 0 atom stereocenters. The average Bonchev–Trinajstić information content (AvgIpc) is 2.34. The van der Waals surface area contributed by atoms with Gasteiger partial charge in [-0.05, 0) is 49.4 Å². The zero-order valence-electron chi connectivity index (χ0n) is 9.24. The van der Waals surface area contributed by atoms with Gasteiger partial charge in [0, 0.05) is 0 Å². The van der Waals surface area contributed by atoms with E-state index in [4.69, 9.17) is 10.5 Å². The molecule has 0 N–H and O–H groups in total. The maximum Gasteiger partial charge on any atom is 0.0994 e. The Labute approximate surface area is 96.4 Å². The Morgan fingerprint density at radius 3 is 2.62 bits per heavy atom. The molecule has 1 aromatic carbocycles. The van der Waals surface area contributed by atoms with E-state index in [1.807, 2.05) is 12.1 Å². The van der Waals surface area contributed by atoms with Crippen molar-refractivity contribution >= 4 is 0 Å². The maximum absolute atomic E-state index is 8.94. The molecule has 0 heterocycles. The Morgan fingerprint density at radius 1 is 1.19 bits per heavy atom. The Morgan fingerprint density at radius 2 is 2.00 bits per heavy atom. The first-order valence-electron chi connectivity index (χ1n) is 5.36. The Kier molecular flexibility index (Phi) is 4.83. The van der Waals surface area contributed by atoms with E-state index in [1.165, 1.54) is 0 Å². The van der Waals surface area contributed by atoms with Gasteiger partial charge in [-0.3, -0.25) is 0 Å². The van der Waals surface area contributed by atoms with Crippen LogP contribution in [0.25, 0.3) is 0 Å². The highest BCUT2D eigenvalue weighted by atomic mass is 14.3. The zero-order chi connectivity index (χ0) is 11.8. The summed E-state index contributed by atoms with van der Waals surface area (Å²) in [6.07, 6.45) is 5.85. The van der Waals surface area contributed by atoms with Crippen molar-refractivity contribution in [3.05, 3.63) is 47.5 Å². The fourth-order valence-corrected chi connectivity index (χ4v) is 1.58. The number of unbranched alkanes of at least 4 members (excludes halogenated alkanes) is 2. The van der Waals surface area contributed by atoms with Crippen molar-refractivity contribution < 1.29 is 0 Å². The smallest absolute Gasteiger partial charge is 0.0994 e. The fraction of sp³-hybridized carbons (Fsp3) is 0.286. The molecule has 0 spiro atoms. The van der Waals surface area contributed by atoms with Crippen LogP contribution in [0.5, 0.6) is 0 Å². The van der Waals surface area contributed by atoms with Crippen LogP contribution in [0.3, 0.4) is 0 Å². The molecule has 0 saturated carbocycles. The molecule has 0 bridgehead atoms. The largest absolute Gasteiger partial charge is 0.192 e. The van der Waals surface area contributed by atoms with Crippen LogP contribution >= 0.6 is 0 Å². The van der Waals surface area contributed by atoms with Crippen molar-refractivity contribution in [3.63, 3.8) is 0 Å². The second-order valence-corrected chi connectivity index (χ2v) is 3.63. The fourth-order valence-electron chi connectivity index (χ4n) is 1.58. The molecule has 2 heteroatoms. The first kappa shape index (κ1) is 12.0. The minimum absolute atomic E-state index is 0.623. The molecule has 1 aromatic rings. The van der Waals surface area contributed by atoms with Crippen LogP contribution in [0.2, 0.25) is 0 Å². The Hall–Kier alpha value is -2.06. The van der Waals surface area contributed by atoms with Crippen LogP contribution in [0.4, 0.5) is 0 Å². The lowest BCUT2D eigenvalue weighted by molar-refractivity contribution is 0.747. The first-order chi connectivity index (χ1) is 7.81. The number of allylic oxidation sites excluding steroid dienone is 1. The summed E-state index contributed by atoms with van der Waals surface area (Å²) in [5.41, 5.74) is 2.28. The molecule has 0 aliphatic rings. The summed E-state index contributed by atoms with van der Waals surface area (Å²) in [6.45, 7) is 3.67. The van der Waals surface area contributed by atoms with Gasteiger partial charge in [-0.15, -0.1) is 6.58 Å². The molecule has 16 heavy (non-hydrogen) atoms. The van der Waals surface area contributed by atoms with Crippen LogP contribution in [0.1, 0.15) is 36.0 Å². The van der Waals surface area contributed by atoms with E-state index in [0.29, 0.717) is 11.1 Å². The molecule has 0 radical (unpaired) electrons. The molecule has 1 rings (SSSR count). The minimum atomic E-state index is 0.623. The molecule has 0 aliphatic carbocycles. The molecule has 80 valence electrons. The van der Waals surface area contributed by atoms with E-state index in [9.17, 15) is 0 Å².